The summed E-state index contributed by atoms with van der Waals surface area (Å²) in [6, 6.07) is 2.73. The average Bonchev–Trinajstić information content (AvgIpc) is 2.87. The van der Waals surface area contributed by atoms with Crippen LogP contribution in [0.1, 0.15) is 12.8 Å². The molecule has 0 radical (unpaired) electrons. The Labute approximate surface area is 65.6 Å². The molecule has 1 fully saturated rings. The van der Waals surface area contributed by atoms with Crippen LogP contribution in [0.4, 0.5) is 0 Å². The van der Waals surface area contributed by atoms with E-state index < -0.39 is 0 Å². The fourth-order valence-corrected chi connectivity index (χ4v) is 1.22. The SMILES string of the molecule is N#CC1N=CC=CN1C1CC1. The first-order valence-electron chi connectivity index (χ1n) is 3.79. The summed E-state index contributed by atoms with van der Waals surface area (Å²) in [6.45, 7) is 0. The van der Waals surface area contributed by atoms with Gasteiger partial charge in [0.15, 0.2) is 0 Å². The lowest BCUT2D eigenvalue weighted by Gasteiger charge is -2.23. The van der Waals surface area contributed by atoms with E-state index >= 15 is 0 Å². The summed E-state index contributed by atoms with van der Waals surface area (Å²) in [7, 11) is 0. The number of nitriles is 1. The Hall–Kier alpha value is -1.30. The van der Waals surface area contributed by atoms with Gasteiger partial charge in [-0.25, -0.2) is 0 Å². The van der Waals surface area contributed by atoms with Gasteiger partial charge in [0.2, 0.25) is 6.17 Å². The fraction of sp³-hybridized carbons (Fsp3) is 0.500. The number of allylic oxidation sites excluding steroid dienone is 1. The molecular formula is C8H9N3. The largest absolute Gasteiger partial charge is 0.341 e. The van der Waals surface area contributed by atoms with Crippen molar-refractivity contribution in [2.75, 3.05) is 0 Å². The third kappa shape index (κ3) is 1.12. The zero-order valence-corrected chi connectivity index (χ0v) is 6.14. The van der Waals surface area contributed by atoms with Crippen LogP contribution in [-0.2, 0) is 0 Å². The molecule has 1 saturated carbocycles. The highest BCUT2D eigenvalue weighted by atomic mass is 15.3. The second-order valence-corrected chi connectivity index (χ2v) is 2.82. The molecule has 3 heteroatoms. The molecule has 1 heterocycles. The predicted octanol–water partition coefficient (Wildman–Crippen LogP) is 0.899. The maximum atomic E-state index is 8.70. The van der Waals surface area contributed by atoms with Gasteiger partial charge in [0, 0.05) is 18.5 Å². The highest BCUT2D eigenvalue weighted by Gasteiger charge is 2.31. The van der Waals surface area contributed by atoms with Crippen molar-refractivity contribution in [2.45, 2.75) is 25.0 Å². The van der Waals surface area contributed by atoms with E-state index in [1.54, 1.807) is 6.21 Å². The summed E-state index contributed by atoms with van der Waals surface area (Å²) < 4.78 is 0. The first-order valence-corrected chi connectivity index (χ1v) is 3.79. The van der Waals surface area contributed by atoms with Gasteiger partial charge in [-0.05, 0) is 18.9 Å². The lowest BCUT2D eigenvalue weighted by molar-refractivity contribution is 0.320. The first-order chi connectivity index (χ1) is 5.42. The number of hydrogen-bond acceptors (Lipinski definition) is 3. The van der Waals surface area contributed by atoms with E-state index in [0.29, 0.717) is 6.04 Å². The molecular weight excluding hydrogens is 138 g/mol. The minimum Gasteiger partial charge on any atom is -0.341 e. The summed E-state index contributed by atoms with van der Waals surface area (Å²) in [5.74, 6) is 0. The molecule has 2 rings (SSSR count). The lowest BCUT2D eigenvalue weighted by Crippen LogP contribution is -2.31. The van der Waals surface area contributed by atoms with Crippen molar-refractivity contribution in [3.05, 3.63) is 12.3 Å². The minimum absolute atomic E-state index is 0.271. The molecule has 1 atom stereocenters. The highest BCUT2D eigenvalue weighted by Crippen LogP contribution is 2.29. The van der Waals surface area contributed by atoms with E-state index in [2.05, 4.69) is 11.1 Å². The smallest absolute Gasteiger partial charge is 0.209 e. The van der Waals surface area contributed by atoms with Gasteiger partial charge in [-0.3, -0.25) is 4.99 Å². The van der Waals surface area contributed by atoms with Crippen LogP contribution in [0.15, 0.2) is 17.3 Å². The Bertz CT molecular complexity index is 245. The molecule has 0 aromatic rings. The quantitative estimate of drug-likeness (QED) is 0.552. The van der Waals surface area contributed by atoms with E-state index in [9.17, 15) is 0 Å². The molecule has 0 bridgehead atoms. The van der Waals surface area contributed by atoms with Gasteiger partial charge in [0.25, 0.3) is 0 Å². The van der Waals surface area contributed by atoms with Crippen molar-refractivity contribution in [3.63, 3.8) is 0 Å². The van der Waals surface area contributed by atoms with Crippen LogP contribution in [0.2, 0.25) is 0 Å². The van der Waals surface area contributed by atoms with Gasteiger partial charge in [-0.2, -0.15) is 5.26 Å². The molecule has 3 nitrogen and oxygen atoms in total. The molecule has 2 aliphatic rings. The zero-order chi connectivity index (χ0) is 7.68. The van der Waals surface area contributed by atoms with E-state index in [1.165, 1.54) is 12.8 Å². The topological polar surface area (TPSA) is 39.4 Å². The van der Waals surface area contributed by atoms with Crippen molar-refractivity contribution in [2.24, 2.45) is 4.99 Å². The van der Waals surface area contributed by atoms with Crippen molar-refractivity contribution in [1.29, 1.82) is 5.26 Å². The Morgan fingerprint density at radius 3 is 3.00 bits per heavy atom. The number of aliphatic imine (C=N–C) groups is 1. The van der Waals surface area contributed by atoms with E-state index in [-0.39, 0.29) is 6.17 Å². The summed E-state index contributed by atoms with van der Waals surface area (Å²) in [4.78, 5) is 6.07. The standard InChI is InChI=1S/C8H9N3/c9-6-8-10-4-1-5-11(8)7-2-3-7/h1,4-5,7-8H,2-3H2. The fourth-order valence-electron chi connectivity index (χ4n) is 1.22. The van der Waals surface area contributed by atoms with Crippen LogP contribution < -0.4 is 0 Å². The third-order valence-electron chi connectivity index (χ3n) is 1.94. The summed E-state index contributed by atoms with van der Waals surface area (Å²) in [5, 5.41) is 8.70. The van der Waals surface area contributed by atoms with E-state index in [4.69, 9.17) is 5.26 Å². The molecule has 11 heavy (non-hydrogen) atoms. The van der Waals surface area contributed by atoms with Crippen LogP contribution in [0.3, 0.4) is 0 Å². The molecule has 0 spiro atoms. The van der Waals surface area contributed by atoms with Gasteiger partial charge in [0.1, 0.15) is 6.07 Å². The second-order valence-electron chi connectivity index (χ2n) is 2.82. The molecule has 0 saturated heterocycles. The van der Waals surface area contributed by atoms with Crippen LogP contribution in [0.25, 0.3) is 0 Å². The van der Waals surface area contributed by atoms with Crippen molar-refractivity contribution < 1.29 is 0 Å². The van der Waals surface area contributed by atoms with Crippen molar-refractivity contribution >= 4 is 6.21 Å². The van der Waals surface area contributed by atoms with Gasteiger partial charge in [0.05, 0.1) is 0 Å². The molecule has 1 aliphatic heterocycles. The maximum Gasteiger partial charge on any atom is 0.209 e. The van der Waals surface area contributed by atoms with Gasteiger partial charge in [-0.1, -0.05) is 0 Å². The molecule has 0 aromatic carbocycles. The summed E-state index contributed by atoms with van der Waals surface area (Å²) in [5.41, 5.74) is 0. The summed E-state index contributed by atoms with van der Waals surface area (Å²) in [6.07, 6.45) is 7.67. The predicted molar refractivity (Wildman–Crippen MR) is 41.9 cm³/mol. The molecule has 1 unspecified atom stereocenters. The highest BCUT2D eigenvalue weighted by molar-refractivity contribution is 5.72. The first kappa shape index (κ1) is 6.41. The monoisotopic (exact) mass is 147 g/mol. The molecule has 0 aromatic heterocycles. The lowest BCUT2D eigenvalue weighted by atomic mass is 10.4. The normalized spacial score (nSPS) is 28.6. The minimum atomic E-state index is -0.271. The van der Waals surface area contributed by atoms with Crippen LogP contribution in [0, 0.1) is 11.3 Å². The number of rotatable bonds is 1. The molecule has 56 valence electrons. The third-order valence-corrected chi connectivity index (χ3v) is 1.94. The maximum absolute atomic E-state index is 8.70. The Morgan fingerprint density at radius 2 is 2.36 bits per heavy atom. The second kappa shape index (κ2) is 2.39. The van der Waals surface area contributed by atoms with Crippen LogP contribution in [0.5, 0.6) is 0 Å². The number of nitrogens with zero attached hydrogens (tertiary/aromatic N) is 3. The average molecular weight is 147 g/mol. The number of hydrogen-bond donors (Lipinski definition) is 0. The van der Waals surface area contributed by atoms with Crippen LogP contribution >= 0.6 is 0 Å². The van der Waals surface area contributed by atoms with E-state index in [0.717, 1.165) is 0 Å². The molecule has 1 aliphatic carbocycles. The molecule has 0 amide bonds. The Kier molecular flexibility index (Phi) is 1.39. The van der Waals surface area contributed by atoms with Gasteiger partial charge >= 0.3 is 0 Å². The zero-order valence-electron chi connectivity index (χ0n) is 6.14. The van der Waals surface area contributed by atoms with Crippen molar-refractivity contribution in [1.82, 2.24) is 4.90 Å². The van der Waals surface area contributed by atoms with Gasteiger partial charge < -0.3 is 4.90 Å². The van der Waals surface area contributed by atoms with Crippen LogP contribution in [-0.4, -0.2) is 23.3 Å². The van der Waals surface area contributed by atoms with Gasteiger partial charge in [-0.15, -0.1) is 0 Å². The van der Waals surface area contributed by atoms with Crippen molar-refractivity contribution in [3.8, 4) is 6.07 Å². The van der Waals surface area contributed by atoms with E-state index in [1.807, 2.05) is 17.2 Å². The Morgan fingerprint density at radius 1 is 1.55 bits per heavy atom. The summed E-state index contributed by atoms with van der Waals surface area (Å²) >= 11 is 0. The Balaban J connectivity index is 2.12. The molecule has 0 N–H and O–H groups in total.